The highest BCUT2D eigenvalue weighted by Gasteiger charge is 2.17. The van der Waals surface area contributed by atoms with E-state index in [1.54, 1.807) is 0 Å². The molecule has 1 N–H and O–H groups in total. The molecule has 1 aromatic rings. The Balaban J connectivity index is 1.94. The van der Waals surface area contributed by atoms with Crippen LogP contribution in [0.5, 0.6) is 5.75 Å². The maximum Gasteiger partial charge on any atom is 0.120 e. The van der Waals surface area contributed by atoms with Crippen LogP contribution < -0.4 is 10.1 Å². The quantitative estimate of drug-likeness (QED) is 0.830. The Labute approximate surface area is 125 Å². The van der Waals surface area contributed by atoms with E-state index in [-0.39, 0.29) is 6.04 Å². The first-order valence-corrected chi connectivity index (χ1v) is 7.59. The first kappa shape index (κ1) is 15.2. The zero-order chi connectivity index (χ0) is 14.2. The van der Waals surface area contributed by atoms with Crippen LogP contribution in [0, 0.1) is 0 Å². The number of halogens is 1. The highest BCUT2D eigenvalue weighted by atomic mass is 35.5. The van der Waals surface area contributed by atoms with Crippen LogP contribution in [-0.2, 0) is 4.74 Å². The van der Waals surface area contributed by atoms with E-state index >= 15 is 0 Å². The Kier molecular flexibility index (Phi) is 6.22. The molecule has 1 heterocycles. The molecule has 1 unspecified atom stereocenters. The van der Waals surface area contributed by atoms with Crippen molar-refractivity contribution >= 4 is 11.6 Å². The lowest BCUT2D eigenvalue weighted by Crippen LogP contribution is -2.37. The molecule has 0 aliphatic carbocycles. The molecule has 0 saturated carbocycles. The SMILES string of the molecule is CCCNC(COc1cccc(Cl)c1)C1=COCCC1. The lowest BCUT2D eigenvalue weighted by Gasteiger charge is -2.24. The number of nitrogens with one attached hydrogen (secondary N) is 1. The van der Waals surface area contributed by atoms with Crippen LogP contribution in [0.15, 0.2) is 36.1 Å². The lowest BCUT2D eigenvalue weighted by molar-refractivity contribution is 0.209. The largest absolute Gasteiger partial charge is 0.501 e. The second kappa shape index (κ2) is 8.18. The van der Waals surface area contributed by atoms with Crippen molar-refractivity contribution in [1.82, 2.24) is 5.32 Å². The predicted molar refractivity (Wildman–Crippen MR) is 82.3 cm³/mol. The van der Waals surface area contributed by atoms with E-state index in [9.17, 15) is 0 Å². The fourth-order valence-corrected chi connectivity index (χ4v) is 2.37. The van der Waals surface area contributed by atoms with E-state index in [4.69, 9.17) is 21.1 Å². The Morgan fingerprint density at radius 2 is 2.35 bits per heavy atom. The minimum Gasteiger partial charge on any atom is -0.501 e. The van der Waals surface area contributed by atoms with Gasteiger partial charge in [-0.25, -0.2) is 0 Å². The summed E-state index contributed by atoms with van der Waals surface area (Å²) in [6.45, 7) is 4.54. The molecule has 0 saturated heterocycles. The highest BCUT2D eigenvalue weighted by Crippen LogP contribution is 2.20. The van der Waals surface area contributed by atoms with Gasteiger partial charge in [0.2, 0.25) is 0 Å². The van der Waals surface area contributed by atoms with Crippen LogP contribution in [0.25, 0.3) is 0 Å². The molecular formula is C16H22ClNO2. The van der Waals surface area contributed by atoms with Gasteiger partial charge in [0.1, 0.15) is 12.4 Å². The maximum atomic E-state index is 5.97. The smallest absolute Gasteiger partial charge is 0.120 e. The van der Waals surface area contributed by atoms with Gasteiger partial charge in [-0.1, -0.05) is 24.6 Å². The Bertz CT molecular complexity index is 448. The molecular weight excluding hydrogens is 274 g/mol. The van der Waals surface area contributed by atoms with Crippen molar-refractivity contribution in [2.45, 2.75) is 32.2 Å². The van der Waals surface area contributed by atoms with Crippen molar-refractivity contribution in [3.05, 3.63) is 41.1 Å². The molecule has 1 aromatic carbocycles. The summed E-state index contributed by atoms with van der Waals surface area (Å²) in [6.07, 6.45) is 5.13. The lowest BCUT2D eigenvalue weighted by atomic mass is 10.0. The topological polar surface area (TPSA) is 30.5 Å². The second-order valence-corrected chi connectivity index (χ2v) is 5.38. The molecule has 0 radical (unpaired) electrons. The number of ether oxygens (including phenoxy) is 2. The van der Waals surface area contributed by atoms with E-state index in [2.05, 4.69) is 12.2 Å². The molecule has 1 aliphatic rings. The molecule has 0 amide bonds. The molecule has 1 aliphatic heterocycles. The Morgan fingerprint density at radius 3 is 3.05 bits per heavy atom. The van der Waals surface area contributed by atoms with Gasteiger partial charge in [-0.15, -0.1) is 0 Å². The van der Waals surface area contributed by atoms with Gasteiger partial charge in [-0.05, 0) is 49.6 Å². The zero-order valence-electron chi connectivity index (χ0n) is 11.9. The molecule has 0 aromatic heterocycles. The van der Waals surface area contributed by atoms with Crippen molar-refractivity contribution in [2.24, 2.45) is 0 Å². The molecule has 3 nitrogen and oxygen atoms in total. The Morgan fingerprint density at radius 1 is 1.45 bits per heavy atom. The summed E-state index contributed by atoms with van der Waals surface area (Å²) in [5.41, 5.74) is 1.28. The third-order valence-corrected chi connectivity index (χ3v) is 3.50. The predicted octanol–water partition coefficient (Wildman–Crippen LogP) is 3.78. The summed E-state index contributed by atoms with van der Waals surface area (Å²) in [6, 6.07) is 7.71. The van der Waals surface area contributed by atoms with Crippen molar-refractivity contribution in [3.8, 4) is 5.75 Å². The molecule has 0 spiro atoms. The molecule has 20 heavy (non-hydrogen) atoms. The minimum atomic E-state index is 0.203. The van der Waals surface area contributed by atoms with Gasteiger partial charge >= 0.3 is 0 Å². The van der Waals surface area contributed by atoms with Crippen LogP contribution in [0.4, 0.5) is 0 Å². The second-order valence-electron chi connectivity index (χ2n) is 4.94. The van der Waals surface area contributed by atoms with E-state index in [0.717, 1.165) is 38.2 Å². The standard InChI is InChI=1S/C16H22ClNO2/c1-2-8-18-16(13-5-4-9-19-11-13)12-20-15-7-3-6-14(17)10-15/h3,6-7,10-11,16,18H,2,4-5,8-9,12H2,1H3. The van der Waals surface area contributed by atoms with Gasteiger partial charge in [0.25, 0.3) is 0 Å². The van der Waals surface area contributed by atoms with Gasteiger partial charge in [0, 0.05) is 5.02 Å². The van der Waals surface area contributed by atoms with Crippen LogP contribution in [0.1, 0.15) is 26.2 Å². The van der Waals surface area contributed by atoms with Crippen molar-refractivity contribution in [1.29, 1.82) is 0 Å². The molecule has 4 heteroatoms. The van der Waals surface area contributed by atoms with Crippen molar-refractivity contribution < 1.29 is 9.47 Å². The number of hydrogen-bond donors (Lipinski definition) is 1. The average Bonchev–Trinajstić information content (AvgIpc) is 2.48. The Hall–Kier alpha value is -1.19. The third-order valence-electron chi connectivity index (χ3n) is 3.26. The van der Waals surface area contributed by atoms with E-state index in [1.165, 1.54) is 5.57 Å². The number of benzene rings is 1. The molecule has 2 rings (SSSR count). The maximum absolute atomic E-state index is 5.97. The molecule has 0 bridgehead atoms. The minimum absolute atomic E-state index is 0.203. The summed E-state index contributed by atoms with van der Waals surface area (Å²) in [5, 5.41) is 4.21. The normalized spacial score (nSPS) is 16.2. The summed E-state index contributed by atoms with van der Waals surface area (Å²) in [5.74, 6) is 0.804. The van der Waals surface area contributed by atoms with Crippen LogP contribution >= 0.6 is 11.6 Å². The first-order chi connectivity index (χ1) is 9.79. The van der Waals surface area contributed by atoms with Gasteiger partial charge in [-0.3, -0.25) is 0 Å². The van der Waals surface area contributed by atoms with Crippen LogP contribution in [-0.4, -0.2) is 25.8 Å². The van der Waals surface area contributed by atoms with Crippen LogP contribution in [0.2, 0.25) is 5.02 Å². The fraction of sp³-hybridized carbons (Fsp3) is 0.500. The van der Waals surface area contributed by atoms with Crippen LogP contribution in [0.3, 0.4) is 0 Å². The number of rotatable bonds is 7. The average molecular weight is 296 g/mol. The van der Waals surface area contributed by atoms with E-state index in [1.807, 2.05) is 30.5 Å². The van der Waals surface area contributed by atoms with Gasteiger partial charge in [0.15, 0.2) is 0 Å². The first-order valence-electron chi connectivity index (χ1n) is 7.22. The third kappa shape index (κ3) is 4.73. The molecule has 1 atom stereocenters. The van der Waals surface area contributed by atoms with Crippen molar-refractivity contribution in [2.75, 3.05) is 19.8 Å². The van der Waals surface area contributed by atoms with Gasteiger partial charge < -0.3 is 14.8 Å². The zero-order valence-corrected chi connectivity index (χ0v) is 12.7. The summed E-state index contributed by atoms with van der Waals surface area (Å²) in [4.78, 5) is 0. The van der Waals surface area contributed by atoms with Gasteiger partial charge in [0.05, 0.1) is 18.9 Å². The summed E-state index contributed by atoms with van der Waals surface area (Å²) >= 11 is 5.97. The summed E-state index contributed by atoms with van der Waals surface area (Å²) in [7, 11) is 0. The van der Waals surface area contributed by atoms with E-state index in [0.29, 0.717) is 11.6 Å². The van der Waals surface area contributed by atoms with Crippen molar-refractivity contribution in [3.63, 3.8) is 0 Å². The molecule has 110 valence electrons. The highest BCUT2D eigenvalue weighted by molar-refractivity contribution is 6.30. The van der Waals surface area contributed by atoms with E-state index < -0.39 is 0 Å². The summed E-state index contributed by atoms with van der Waals surface area (Å²) < 4.78 is 11.3. The fourth-order valence-electron chi connectivity index (χ4n) is 2.19. The monoisotopic (exact) mass is 295 g/mol. The molecule has 0 fully saturated rings. The number of hydrogen-bond acceptors (Lipinski definition) is 3. The van der Waals surface area contributed by atoms with Gasteiger partial charge in [-0.2, -0.15) is 0 Å².